The van der Waals surface area contributed by atoms with E-state index in [-0.39, 0.29) is 0 Å². The van der Waals surface area contributed by atoms with Gasteiger partial charge in [0, 0.05) is 30.5 Å². The molecule has 0 bridgehead atoms. The van der Waals surface area contributed by atoms with Gasteiger partial charge in [-0.15, -0.1) is 0 Å². The van der Waals surface area contributed by atoms with Crippen LogP contribution in [0.25, 0.3) is 0 Å². The van der Waals surface area contributed by atoms with Crippen molar-refractivity contribution in [2.75, 3.05) is 24.5 Å². The molecule has 2 unspecified atom stereocenters. The van der Waals surface area contributed by atoms with E-state index in [9.17, 15) is 0 Å². The molecule has 4 heteroatoms. The lowest BCUT2D eigenvalue weighted by Crippen LogP contribution is -2.47. The Morgan fingerprint density at radius 3 is 2.76 bits per heavy atom. The molecule has 2 saturated heterocycles. The number of fused-ring (bicyclic) bond motifs is 1. The van der Waals surface area contributed by atoms with Crippen LogP contribution in [0.4, 0.5) is 5.95 Å². The third-order valence-corrected chi connectivity index (χ3v) is 3.93. The highest BCUT2D eigenvalue weighted by Gasteiger charge is 2.33. The molecule has 3 rings (SSSR count). The SMILES string of the molecule is Cc1cc(C)nc(N2CCC3CCNC3C2)n1. The Morgan fingerprint density at radius 1 is 1.24 bits per heavy atom. The number of hydrogen-bond donors (Lipinski definition) is 1. The van der Waals surface area contributed by atoms with Crippen molar-refractivity contribution in [3.63, 3.8) is 0 Å². The Bertz CT molecular complexity index is 398. The molecule has 0 aromatic carbocycles. The zero-order valence-corrected chi connectivity index (χ0v) is 10.6. The first-order valence-corrected chi connectivity index (χ1v) is 6.53. The largest absolute Gasteiger partial charge is 0.339 e. The monoisotopic (exact) mass is 232 g/mol. The maximum Gasteiger partial charge on any atom is 0.225 e. The first-order chi connectivity index (χ1) is 8.22. The molecular formula is C13H20N4. The van der Waals surface area contributed by atoms with Crippen LogP contribution in [0.15, 0.2) is 6.07 Å². The van der Waals surface area contributed by atoms with E-state index in [0.717, 1.165) is 36.3 Å². The van der Waals surface area contributed by atoms with Gasteiger partial charge >= 0.3 is 0 Å². The number of piperidine rings is 1. The molecule has 2 aliphatic rings. The number of nitrogens with zero attached hydrogens (tertiary/aromatic N) is 3. The summed E-state index contributed by atoms with van der Waals surface area (Å²) in [6.07, 6.45) is 2.61. The topological polar surface area (TPSA) is 41.1 Å². The van der Waals surface area contributed by atoms with Gasteiger partial charge in [-0.25, -0.2) is 9.97 Å². The first-order valence-electron chi connectivity index (χ1n) is 6.53. The Balaban J connectivity index is 1.80. The summed E-state index contributed by atoms with van der Waals surface area (Å²) < 4.78 is 0. The van der Waals surface area contributed by atoms with Gasteiger partial charge in [0.05, 0.1) is 0 Å². The predicted octanol–water partition coefficient (Wildman–Crippen LogP) is 1.28. The molecule has 0 spiro atoms. The van der Waals surface area contributed by atoms with Gasteiger partial charge in [0.1, 0.15) is 0 Å². The normalized spacial score (nSPS) is 28.2. The summed E-state index contributed by atoms with van der Waals surface area (Å²) in [7, 11) is 0. The van der Waals surface area contributed by atoms with Gasteiger partial charge in [-0.05, 0) is 45.2 Å². The molecule has 17 heavy (non-hydrogen) atoms. The van der Waals surface area contributed by atoms with E-state index in [4.69, 9.17) is 0 Å². The summed E-state index contributed by atoms with van der Waals surface area (Å²) in [4.78, 5) is 11.5. The summed E-state index contributed by atoms with van der Waals surface area (Å²) in [5.41, 5.74) is 2.13. The molecule has 2 aliphatic heterocycles. The van der Waals surface area contributed by atoms with Gasteiger partial charge in [-0.1, -0.05) is 0 Å². The average molecular weight is 232 g/mol. The number of aromatic nitrogens is 2. The van der Waals surface area contributed by atoms with Crippen LogP contribution in [-0.4, -0.2) is 35.6 Å². The molecule has 0 saturated carbocycles. The molecule has 2 fully saturated rings. The van der Waals surface area contributed by atoms with Gasteiger partial charge in [-0.2, -0.15) is 0 Å². The summed E-state index contributed by atoms with van der Waals surface area (Å²) in [6, 6.07) is 2.68. The van der Waals surface area contributed by atoms with E-state index in [1.54, 1.807) is 0 Å². The van der Waals surface area contributed by atoms with Crippen molar-refractivity contribution in [2.45, 2.75) is 32.7 Å². The molecular weight excluding hydrogens is 212 g/mol. The number of nitrogens with one attached hydrogen (secondary N) is 1. The number of rotatable bonds is 1. The van der Waals surface area contributed by atoms with Crippen LogP contribution in [-0.2, 0) is 0 Å². The molecule has 3 heterocycles. The van der Waals surface area contributed by atoms with Gasteiger partial charge in [0.2, 0.25) is 5.95 Å². The van der Waals surface area contributed by atoms with Gasteiger partial charge in [0.25, 0.3) is 0 Å². The van der Waals surface area contributed by atoms with E-state index >= 15 is 0 Å². The van der Waals surface area contributed by atoms with Crippen LogP contribution < -0.4 is 10.2 Å². The van der Waals surface area contributed by atoms with Gasteiger partial charge in [-0.3, -0.25) is 0 Å². The lowest BCUT2D eigenvalue weighted by atomic mass is 9.93. The molecule has 1 aromatic rings. The Hall–Kier alpha value is -1.16. The Labute approximate surface area is 102 Å². The van der Waals surface area contributed by atoms with E-state index in [1.165, 1.54) is 19.4 Å². The number of aryl methyl sites for hydroxylation is 2. The highest BCUT2D eigenvalue weighted by molar-refractivity contribution is 5.33. The lowest BCUT2D eigenvalue weighted by Gasteiger charge is -2.35. The Morgan fingerprint density at radius 2 is 2.00 bits per heavy atom. The predicted molar refractivity (Wildman–Crippen MR) is 68.2 cm³/mol. The zero-order valence-electron chi connectivity index (χ0n) is 10.6. The minimum absolute atomic E-state index is 0.646. The molecule has 1 aromatic heterocycles. The molecule has 4 nitrogen and oxygen atoms in total. The average Bonchev–Trinajstić information content (AvgIpc) is 2.74. The van der Waals surface area contributed by atoms with E-state index in [2.05, 4.69) is 20.2 Å². The summed E-state index contributed by atoms with van der Waals surface area (Å²) >= 11 is 0. The summed E-state index contributed by atoms with van der Waals surface area (Å²) in [5, 5.41) is 3.59. The number of hydrogen-bond acceptors (Lipinski definition) is 4. The van der Waals surface area contributed by atoms with Gasteiger partial charge in [0.15, 0.2) is 0 Å². The molecule has 0 radical (unpaired) electrons. The Kier molecular flexibility index (Phi) is 2.74. The van der Waals surface area contributed by atoms with Crippen molar-refractivity contribution in [3.8, 4) is 0 Å². The van der Waals surface area contributed by atoms with E-state index in [0.29, 0.717) is 6.04 Å². The third-order valence-electron chi connectivity index (χ3n) is 3.93. The van der Waals surface area contributed by atoms with Crippen molar-refractivity contribution in [1.29, 1.82) is 0 Å². The number of anilines is 1. The molecule has 1 N–H and O–H groups in total. The van der Waals surface area contributed by atoms with E-state index < -0.39 is 0 Å². The van der Waals surface area contributed by atoms with Crippen LogP contribution in [0.3, 0.4) is 0 Å². The van der Waals surface area contributed by atoms with Crippen molar-refractivity contribution in [2.24, 2.45) is 5.92 Å². The van der Waals surface area contributed by atoms with Crippen LogP contribution in [0, 0.1) is 19.8 Å². The molecule has 2 atom stereocenters. The standard InChI is InChI=1S/C13H20N4/c1-9-7-10(2)16-13(15-9)17-6-4-11-3-5-14-12(11)8-17/h7,11-12,14H,3-6,8H2,1-2H3. The van der Waals surface area contributed by atoms with Gasteiger partial charge < -0.3 is 10.2 Å². The molecule has 0 aliphatic carbocycles. The second kappa shape index (κ2) is 4.26. The van der Waals surface area contributed by atoms with Crippen LogP contribution in [0.1, 0.15) is 24.2 Å². The van der Waals surface area contributed by atoms with Crippen LogP contribution in [0.2, 0.25) is 0 Å². The van der Waals surface area contributed by atoms with Crippen molar-refractivity contribution >= 4 is 5.95 Å². The zero-order chi connectivity index (χ0) is 11.8. The quantitative estimate of drug-likeness (QED) is 0.792. The smallest absolute Gasteiger partial charge is 0.225 e. The molecule has 0 amide bonds. The summed E-state index contributed by atoms with van der Waals surface area (Å²) in [5.74, 6) is 1.78. The maximum atomic E-state index is 4.56. The van der Waals surface area contributed by atoms with E-state index in [1.807, 2.05) is 19.9 Å². The fraction of sp³-hybridized carbons (Fsp3) is 0.692. The second-order valence-corrected chi connectivity index (χ2v) is 5.29. The second-order valence-electron chi connectivity index (χ2n) is 5.29. The first kappa shape index (κ1) is 11.0. The third kappa shape index (κ3) is 2.14. The molecule has 92 valence electrons. The summed E-state index contributed by atoms with van der Waals surface area (Å²) in [6.45, 7) is 7.42. The van der Waals surface area contributed by atoms with Crippen LogP contribution in [0.5, 0.6) is 0 Å². The van der Waals surface area contributed by atoms with Crippen LogP contribution >= 0.6 is 0 Å². The lowest BCUT2D eigenvalue weighted by molar-refractivity contribution is 0.370. The van der Waals surface area contributed by atoms with Crippen molar-refractivity contribution < 1.29 is 0 Å². The maximum absolute atomic E-state index is 4.56. The van der Waals surface area contributed by atoms with Crippen molar-refractivity contribution in [3.05, 3.63) is 17.5 Å². The fourth-order valence-electron chi connectivity index (χ4n) is 3.06. The highest BCUT2D eigenvalue weighted by Crippen LogP contribution is 2.27. The highest BCUT2D eigenvalue weighted by atomic mass is 15.3. The minimum Gasteiger partial charge on any atom is -0.339 e. The van der Waals surface area contributed by atoms with Crippen molar-refractivity contribution in [1.82, 2.24) is 15.3 Å². The fourth-order valence-corrected chi connectivity index (χ4v) is 3.06. The minimum atomic E-state index is 0.646.